The van der Waals surface area contributed by atoms with Crippen molar-refractivity contribution in [2.24, 2.45) is 0 Å². The van der Waals surface area contributed by atoms with Crippen LogP contribution in [-0.2, 0) is 0 Å². The summed E-state index contributed by atoms with van der Waals surface area (Å²) in [5, 5.41) is 17.0. The van der Waals surface area contributed by atoms with Crippen LogP contribution in [0.1, 0.15) is 30.5 Å². The van der Waals surface area contributed by atoms with Gasteiger partial charge in [0.15, 0.2) is 0 Å². The summed E-state index contributed by atoms with van der Waals surface area (Å²) in [7, 11) is 0. The van der Waals surface area contributed by atoms with E-state index in [1.54, 1.807) is 12.4 Å². The van der Waals surface area contributed by atoms with Gasteiger partial charge in [0.25, 0.3) is 0 Å². The number of hydrogen-bond acceptors (Lipinski definition) is 5. The Hall–Kier alpha value is -3.29. The number of nitrogens with zero attached hydrogens (tertiary/aromatic N) is 5. The van der Waals surface area contributed by atoms with E-state index >= 15 is 0 Å². The lowest BCUT2D eigenvalue weighted by Crippen LogP contribution is -2.32. The summed E-state index contributed by atoms with van der Waals surface area (Å²) in [5.41, 5.74) is 3.44. The van der Waals surface area contributed by atoms with E-state index in [0.29, 0.717) is 5.69 Å². The minimum atomic E-state index is -0.263. The number of aromatic nitrogens is 5. The Morgan fingerprint density at radius 1 is 1.24 bits per heavy atom. The number of nitrogens with one attached hydrogen (secondary N) is 2. The van der Waals surface area contributed by atoms with E-state index in [9.17, 15) is 4.79 Å². The van der Waals surface area contributed by atoms with Gasteiger partial charge in [0.2, 0.25) is 0 Å². The van der Waals surface area contributed by atoms with E-state index in [1.807, 2.05) is 44.2 Å². The van der Waals surface area contributed by atoms with Gasteiger partial charge >= 0.3 is 6.03 Å². The number of pyridine rings is 1. The first-order chi connectivity index (χ1) is 12.2. The zero-order valence-corrected chi connectivity index (χ0v) is 14.0. The molecule has 0 saturated carbocycles. The first-order valence-corrected chi connectivity index (χ1v) is 7.99. The van der Waals surface area contributed by atoms with Crippen molar-refractivity contribution in [3.63, 3.8) is 0 Å². The van der Waals surface area contributed by atoms with Crippen LogP contribution in [0.3, 0.4) is 0 Å². The van der Waals surface area contributed by atoms with Gasteiger partial charge < -0.3 is 10.6 Å². The van der Waals surface area contributed by atoms with Gasteiger partial charge in [-0.15, -0.1) is 5.10 Å². The van der Waals surface area contributed by atoms with Crippen LogP contribution >= 0.6 is 0 Å². The number of urea groups is 1. The number of tetrazole rings is 1. The van der Waals surface area contributed by atoms with Gasteiger partial charge in [-0.05, 0) is 59.2 Å². The molecule has 0 radical (unpaired) electrons. The molecule has 0 bridgehead atoms. The number of aryl methyl sites for hydroxylation is 1. The molecular formula is C17H19N7O. The van der Waals surface area contributed by atoms with Crippen molar-refractivity contribution < 1.29 is 4.79 Å². The fourth-order valence-corrected chi connectivity index (χ4v) is 2.50. The molecule has 1 aromatic carbocycles. The van der Waals surface area contributed by atoms with Crippen LogP contribution in [0, 0.1) is 6.92 Å². The molecule has 3 aromatic rings. The van der Waals surface area contributed by atoms with Crippen molar-refractivity contribution in [2.45, 2.75) is 26.3 Å². The zero-order valence-electron chi connectivity index (χ0n) is 14.0. The second-order valence-electron chi connectivity index (χ2n) is 5.59. The molecule has 0 aliphatic rings. The second kappa shape index (κ2) is 7.52. The quantitative estimate of drug-likeness (QED) is 0.746. The molecule has 128 valence electrons. The maximum Gasteiger partial charge on any atom is 0.319 e. The molecule has 2 amide bonds. The lowest BCUT2D eigenvalue weighted by atomic mass is 10.1. The van der Waals surface area contributed by atoms with Gasteiger partial charge in [-0.2, -0.15) is 0 Å². The highest BCUT2D eigenvalue weighted by Gasteiger charge is 2.13. The molecule has 3 rings (SSSR count). The van der Waals surface area contributed by atoms with Gasteiger partial charge in [0, 0.05) is 18.1 Å². The third kappa shape index (κ3) is 3.97. The Labute approximate surface area is 145 Å². The summed E-state index contributed by atoms with van der Waals surface area (Å²) in [5.74, 6) is 0. The molecule has 0 spiro atoms. The molecule has 2 aromatic heterocycles. The standard InChI is InChI=1S/C17H19N7O/c1-3-15(13-6-8-18-9-7-13)20-17(25)21-16-10-14(5-4-12(16)2)24-11-19-22-23-24/h4-11,15H,3H2,1-2H3,(H2,20,21,25)/t15-/m0/s1. The van der Waals surface area contributed by atoms with Gasteiger partial charge in [-0.25, -0.2) is 9.48 Å². The normalized spacial score (nSPS) is 11.8. The third-order valence-corrected chi connectivity index (χ3v) is 3.90. The minimum Gasteiger partial charge on any atom is -0.331 e. The molecule has 0 aliphatic heterocycles. The molecule has 2 heterocycles. The van der Waals surface area contributed by atoms with Gasteiger partial charge in [0.05, 0.1) is 11.7 Å². The summed E-state index contributed by atoms with van der Waals surface area (Å²) in [4.78, 5) is 16.4. The van der Waals surface area contributed by atoms with Crippen LogP contribution in [0.2, 0.25) is 0 Å². The predicted molar refractivity (Wildman–Crippen MR) is 93.3 cm³/mol. The maximum absolute atomic E-state index is 12.4. The molecule has 0 saturated heterocycles. The number of hydrogen-bond donors (Lipinski definition) is 2. The topological polar surface area (TPSA) is 97.6 Å². The lowest BCUT2D eigenvalue weighted by Gasteiger charge is -2.18. The number of rotatable bonds is 5. The number of carbonyl (C=O) groups excluding carboxylic acids is 1. The largest absolute Gasteiger partial charge is 0.331 e. The highest BCUT2D eigenvalue weighted by atomic mass is 16.2. The van der Waals surface area contributed by atoms with Crippen LogP contribution in [0.25, 0.3) is 5.69 Å². The number of carbonyl (C=O) groups is 1. The lowest BCUT2D eigenvalue weighted by molar-refractivity contribution is 0.248. The first-order valence-electron chi connectivity index (χ1n) is 7.99. The molecule has 0 unspecified atom stereocenters. The van der Waals surface area contributed by atoms with Crippen LogP contribution in [-0.4, -0.2) is 31.2 Å². The molecule has 0 aliphatic carbocycles. The van der Waals surface area contributed by atoms with Gasteiger partial charge in [0.1, 0.15) is 6.33 Å². The van der Waals surface area contributed by atoms with Crippen LogP contribution in [0.15, 0.2) is 49.1 Å². The number of amides is 2. The minimum absolute atomic E-state index is 0.0778. The summed E-state index contributed by atoms with van der Waals surface area (Å²) in [6.07, 6.45) is 5.72. The average molecular weight is 337 g/mol. The predicted octanol–water partition coefficient (Wildman–Crippen LogP) is 2.64. The summed E-state index contributed by atoms with van der Waals surface area (Å²) in [6, 6.07) is 9.09. The second-order valence-corrected chi connectivity index (χ2v) is 5.59. The SMILES string of the molecule is CC[C@H](NC(=O)Nc1cc(-n2cnnn2)ccc1C)c1ccncc1. The fourth-order valence-electron chi connectivity index (χ4n) is 2.50. The Kier molecular flexibility index (Phi) is 4.98. The smallest absolute Gasteiger partial charge is 0.319 e. The van der Waals surface area contributed by atoms with Crippen molar-refractivity contribution in [3.05, 3.63) is 60.2 Å². The Bertz CT molecular complexity index is 833. The van der Waals surface area contributed by atoms with Crippen molar-refractivity contribution in [2.75, 3.05) is 5.32 Å². The number of benzene rings is 1. The highest BCUT2D eigenvalue weighted by Crippen LogP contribution is 2.20. The Morgan fingerprint density at radius 3 is 2.72 bits per heavy atom. The first kappa shape index (κ1) is 16.6. The molecular weight excluding hydrogens is 318 g/mol. The average Bonchev–Trinajstić information content (AvgIpc) is 3.17. The van der Waals surface area contributed by atoms with Crippen LogP contribution < -0.4 is 10.6 Å². The maximum atomic E-state index is 12.4. The van der Waals surface area contributed by atoms with E-state index in [4.69, 9.17) is 0 Å². The van der Waals surface area contributed by atoms with Crippen molar-refractivity contribution in [3.8, 4) is 5.69 Å². The molecule has 8 nitrogen and oxygen atoms in total. The molecule has 1 atom stereocenters. The van der Waals surface area contributed by atoms with E-state index in [2.05, 4.69) is 31.1 Å². The molecule has 2 N–H and O–H groups in total. The third-order valence-electron chi connectivity index (χ3n) is 3.90. The van der Waals surface area contributed by atoms with Crippen molar-refractivity contribution >= 4 is 11.7 Å². The zero-order chi connectivity index (χ0) is 17.6. The van der Waals surface area contributed by atoms with Crippen LogP contribution in [0.4, 0.5) is 10.5 Å². The summed E-state index contributed by atoms with van der Waals surface area (Å²) >= 11 is 0. The van der Waals surface area contributed by atoms with E-state index < -0.39 is 0 Å². The van der Waals surface area contributed by atoms with E-state index in [1.165, 1.54) is 11.0 Å². The fraction of sp³-hybridized carbons (Fsp3) is 0.235. The molecule has 0 fully saturated rings. The van der Waals surface area contributed by atoms with E-state index in [-0.39, 0.29) is 12.1 Å². The number of anilines is 1. The van der Waals surface area contributed by atoms with Crippen LogP contribution in [0.5, 0.6) is 0 Å². The molecule has 25 heavy (non-hydrogen) atoms. The van der Waals surface area contributed by atoms with Gasteiger partial charge in [-0.3, -0.25) is 4.98 Å². The summed E-state index contributed by atoms with van der Waals surface area (Å²) in [6.45, 7) is 3.95. The molecule has 8 heteroatoms. The van der Waals surface area contributed by atoms with Crippen molar-refractivity contribution in [1.29, 1.82) is 0 Å². The Morgan fingerprint density at radius 2 is 2.04 bits per heavy atom. The Balaban J connectivity index is 1.73. The van der Waals surface area contributed by atoms with E-state index in [0.717, 1.165) is 23.2 Å². The van der Waals surface area contributed by atoms with Crippen molar-refractivity contribution in [1.82, 2.24) is 30.5 Å². The monoisotopic (exact) mass is 337 g/mol. The van der Waals surface area contributed by atoms with Gasteiger partial charge in [-0.1, -0.05) is 13.0 Å². The highest BCUT2D eigenvalue weighted by molar-refractivity contribution is 5.90. The summed E-state index contributed by atoms with van der Waals surface area (Å²) < 4.78 is 1.54.